The van der Waals surface area contributed by atoms with Crippen molar-refractivity contribution in [1.29, 1.82) is 0 Å². The molecule has 3 atom stereocenters. The number of fused-ring (bicyclic) bond motifs is 1. The van der Waals surface area contributed by atoms with E-state index >= 15 is 0 Å². The highest BCUT2D eigenvalue weighted by Gasteiger charge is 2.40. The van der Waals surface area contributed by atoms with E-state index in [2.05, 4.69) is 30.1 Å². The number of nitrogens with zero attached hydrogens (tertiary/aromatic N) is 1. The summed E-state index contributed by atoms with van der Waals surface area (Å²) in [5, 5.41) is 0. The molecule has 1 aromatic rings. The van der Waals surface area contributed by atoms with Gasteiger partial charge in [0.05, 0.1) is 7.11 Å². The molecule has 3 rings (SSSR count). The van der Waals surface area contributed by atoms with Crippen LogP contribution in [0, 0.1) is 5.92 Å². The lowest BCUT2D eigenvalue weighted by molar-refractivity contribution is 0.187. The van der Waals surface area contributed by atoms with E-state index in [1.807, 2.05) is 6.07 Å². The van der Waals surface area contributed by atoms with Crippen LogP contribution in [0.3, 0.4) is 0 Å². The molecule has 2 aliphatic rings. The van der Waals surface area contributed by atoms with Crippen LogP contribution in [0.1, 0.15) is 43.7 Å². The Bertz CT molecular complexity index is 417. The molecule has 18 heavy (non-hydrogen) atoms. The Hall–Kier alpha value is -1.02. The summed E-state index contributed by atoms with van der Waals surface area (Å²) in [6.45, 7) is 0. The number of likely N-dealkylation sites (tertiary alicyclic amines) is 1. The molecule has 0 N–H and O–H groups in total. The molecule has 1 aliphatic carbocycles. The fraction of sp³-hybridized carbons (Fsp3) is 0.625. The van der Waals surface area contributed by atoms with Crippen LogP contribution in [0.5, 0.6) is 5.75 Å². The van der Waals surface area contributed by atoms with Gasteiger partial charge in [-0.1, -0.05) is 25.0 Å². The topological polar surface area (TPSA) is 12.5 Å². The predicted molar refractivity (Wildman–Crippen MR) is 73.9 cm³/mol. The Kier molecular flexibility index (Phi) is 3.29. The first-order chi connectivity index (χ1) is 8.79. The number of rotatable bonds is 2. The summed E-state index contributed by atoms with van der Waals surface area (Å²) in [7, 11) is 4.05. The van der Waals surface area contributed by atoms with Crippen molar-refractivity contribution >= 4 is 0 Å². The molecule has 3 unspecified atom stereocenters. The molecule has 1 aliphatic heterocycles. The van der Waals surface area contributed by atoms with E-state index < -0.39 is 0 Å². The first-order valence-corrected chi connectivity index (χ1v) is 7.15. The summed E-state index contributed by atoms with van der Waals surface area (Å²) in [6.07, 6.45) is 6.99. The fourth-order valence-electron chi connectivity index (χ4n) is 3.90. The van der Waals surface area contributed by atoms with Gasteiger partial charge >= 0.3 is 0 Å². The van der Waals surface area contributed by atoms with Gasteiger partial charge in [0, 0.05) is 12.1 Å². The maximum absolute atomic E-state index is 5.35. The molecule has 1 heterocycles. The average molecular weight is 245 g/mol. The Morgan fingerprint density at radius 2 is 2.06 bits per heavy atom. The third-order valence-electron chi connectivity index (χ3n) is 4.89. The smallest absolute Gasteiger partial charge is 0.119 e. The van der Waals surface area contributed by atoms with Crippen molar-refractivity contribution in [1.82, 2.24) is 4.90 Å². The third-order valence-corrected chi connectivity index (χ3v) is 4.89. The van der Waals surface area contributed by atoms with Gasteiger partial charge in [-0.3, -0.25) is 4.90 Å². The van der Waals surface area contributed by atoms with Crippen LogP contribution in [0.15, 0.2) is 24.3 Å². The highest BCUT2D eigenvalue weighted by molar-refractivity contribution is 5.31. The van der Waals surface area contributed by atoms with Gasteiger partial charge in [0.15, 0.2) is 0 Å². The largest absolute Gasteiger partial charge is 0.497 e. The molecule has 0 aromatic heterocycles. The standard InChI is InChI=1S/C16H23NO/c1-17-15-9-4-3-6-13(15)11-16(17)12-7-5-8-14(10-12)18-2/h5,7-8,10,13,15-16H,3-4,6,9,11H2,1-2H3. The van der Waals surface area contributed by atoms with Crippen molar-refractivity contribution in [2.75, 3.05) is 14.2 Å². The number of benzene rings is 1. The molecule has 2 heteroatoms. The minimum absolute atomic E-state index is 0.591. The summed E-state index contributed by atoms with van der Waals surface area (Å²) < 4.78 is 5.35. The zero-order valence-electron chi connectivity index (χ0n) is 11.4. The quantitative estimate of drug-likeness (QED) is 0.789. The maximum Gasteiger partial charge on any atom is 0.119 e. The predicted octanol–water partition coefficient (Wildman–Crippen LogP) is 3.63. The molecule has 2 nitrogen and oxygen atoms in total. The lowest BCUT2D eigenvalue weighted by Gasteiger charge is -2.30. The zero-order chi connectivity index (χ0) is 12.5. The van der Waals surface area contributed by atoms with Crippen LogP contribution < -0.4 is 4.74 Å². The van der Waals surface area contributed by atoms with Gasteiger partial charge in [-0.2, -0.15) is 0 Å². The summed E-state index contributed by atoms with van der Waals surface area (Å²) in [6, 6.07) is 10.0. The molecular formula is C16H23NO. The van der Waals surface area contributed by atoms with Crippen molar-refractivity contribution in [2.24, 2.45) is 5.92 Å². The van der Waals surface area contributed by atoms with Gasteiger partial charge < -0.3 is 4.74 Å². The first-order valence-electron chi connectivity index (χ1n) is 7.15. The van der Waals surface area contributed by atoms with Gasteiger partial charge in [0.2, 0.25) is 0 Å². The minimum Gasteiger partial charge on any atom is -0.497 e. The fourth-order valence-corrected chi connectivity index (χ4v) is 3.90. The van der Waals surface area contributed by atoms with Crippen molar-refractivity contribution in [3.8, 4) is 5.75 Å². The van der Waals surface area contributed by atoms with Crippen LogP contribution in [0.4, 0.5) is 0 Å². The molecule has 2 fully saturated rings. The van der Waals surface area contributed by atoms with Gasteiger partial charge in [0.1, 0.15) is 5.75 Å². The van der Waals surface area contributed by atoms with Gasteiger partial charge in [-0.25, -0.2) is 0 Å². The second-order valence-corrected chi connectivity index (χ2v) is 5.81. The van der Waals surface area contributed by atoms with Crippen molar-refractivity contribution in [2.45, 2.75) is 44.2 Å². The molecule has 1 aromatic carbocycles. The number of hydrogen-bond donors (Lipinski definition) is 0. The molecule has 98 valence electrons. The second kappa shape index (κ2) is 4.93. The Morgan fingerprint density at radius 3 is 2.83 bits per heavy atom. The van der Waals surface area contributed by atoms with E-state index in [0.29, 0.717) is 6.04 Å². The monoisotopic (exact) mass is 245 g/mol. The molecule has 1 saturated carbocycles. The Balaban J connectivity index is 1.83. The van der Waals surface area contributed by atoms with E-state index in [-0.39, 0.29) is 0 Å². The molecule has 0 spiro atoms. The van der Waals surface area contributed by atoms with E-state index in [9.17, 15) is 0 Å². The Morgan fingerprint density at radius 1 is 1.22 bits per heavy atom. The lowest BCUT2D eigenvalue weighted by Crippen LogP contribution is -2.32. The summed E-state index contributed by atoms with van der Waals surface area (Å²) in [5.41, 5.74) is 1.42. The van der Waals surface area contributed by atoms with E-state index in [4.69, 9.17) is 4.74 Å². The molecule has 0 bridgehead atoms. The van der Waals surface area contributed by atoms with Crippen LogP contribution >= 0.6 is 0 Å². The van der Waals surface area contributed by atoms with E-state index in [0.717, 1.165) is 17.7 Å². The van der Waals surface area contributed by atoms with Crippen LogP contribution in [0.2, 0.25) is 0 Å². The van der Waals surface area contributed by atoms with Crippen molar-refractivity contribution in [3.63, 3.8) is 0 Å². The number of methoxy groups -OCH3 is 1. The highest BCUT2D eigenvalue weighted by Crippen LogP contribution is 2.45. The lowest BCUT2D eigenvalue weighted by atomic mass is 9.84. The van der Waals surface area contributed by atoms with Gasteiger partial charge in [-0.15, -0.1) is 0 Å². The highest BCUT2D eigenvalue weighted by atomic mass is 16.5. The Labute approximate surface area is 110 Å². The van der Waals surface area contributed by atoms with Gasteiger partial charge in [0.25, 0.3) is 0 Å². The average Bonchev–Trinajstić information content (AvgIpc) is 2.77. The van der Waals surface area contributed by atoms with Gasteiger partial charge in [-0.05, 0) is 49.9 Å². The first kappa shape index (κ1) is 12.0. The van der Waals surface area contributed by atoms with E-state index in [1.165, 1.54) is 37.7 Å². The van der Waals surface area contributed by atoms with Crippen molar-refractivity contribution in [3.05, 3.63) is 29.8 Å². The number of ether oxygens (including phenoxy) is 1. The van der Waals surface area contributed by atoms with Crippen LogP contribution in [0.25, 0.3) is 0 Å². The molecule has 0 radical (unpaired) electrons. The maximum atomic E-state index is 5.35. The molecule has 0 amide bonds. The minimum atomic E-state index is 0.591. The summed E-state index contributed by atoms with van der Waals surface area (Å²) in [5.74, 6) is 1.90. The summed E-state index contributed by atoms with van der Waals surface area (Å²) >= 11 is 0. The molecular weight excluding hydrogens is 222 g/mol. The molecule has 1 saturated heterocycles. The van der Waals surface area contributed by atoms with E-state index in [1.54, 1.807) is 7.11 Å². The van der Waals surface area contributed by atoms with Crippen molar-refractivity contribution < 1.29 is 4.74 Å². The SMILES string of the molecule is COc1cccc(C2CC3CCCCC3N2C)c1. The zero-order valence-corrected chi connectivity index (χ0v) is 11.4. The second-order valence-electron chi connectivity index (χ2n) is 5.81. The third kappa shape index (κ3) is 2.03. The number of hydrogen-bond acceptors (Lipinski definition) is 2. The normalized spacial score (nSPS) is 32.2. The summed E-state index contributed by atoms with van der Waals surface area (Å²) in [4.78, 5) is 2.61. The van der Waals surface area contributed by atoms with Crippen LogP contribution in [-0.4, -0.2) is 25.1 Å². The van der Waals surface area contributed by atoms with Crippen LogP contribution in [-0.2, 0) is 0 Å².